The van der Waals surface area contributed by atoms with Crippen LogP contribution in [0.1, 0.15) is 31.2 Å². The van der Waals surface area contributed by atoms with E-state index in [1.807, 2.05) is 0 Å². The van der Waals surface area contributed by atoms with Gasteiger partial charge in [-0.05, 0) is 56.1 Å². The van der Waals surface area contributed by atoms with Gasteiger partial charge in [0.1, 0.15) is 0 Å². The van der Waals surface area contributed by atoms with Crippen molar-refractivity contribution in [1.29, 1.82) is 0 Å². The molecule has 3 nitrogen and oxygen atoms in total. The largest absolute Gasteiger partial charge is 0.371 e. The van der Waals surface area contributed by atoms with Crippen molar-refractivity contribution in [3.05, 3.63) is 29.8 Å². The Kier molecular flexibility index (Phi) is 6.83. The van der Waals surface area contributed by atoms with Crippen LogP contribution in [0.3, 0.4) is 0 Å². The van der Waals surface area contributed by atoms with Crippen LogP contribution in [0.5, 0.6) is 0 Å². The Balaban J connectivity index is 0.00000104. The fourth-order valence-electron chi connectivity index (χ4n) is 4.60. The second-order valence-corrected chi connectivity index (χ2v) is 7.62. The third-order valence-corrected chi connectivity index (χ3v) is 6.11. The van der Waals surface area contributed by atoms with Crippen LogP contribution < -0.4 is 10.6 Å². The van der Waals surface area contributed by atoms with Crippen LogP contribution >= 0.6 is 24.8 Å². The highest BCUT2D eigenvalue weighted by molar-refractivity contribution is 5.85. The Morgan fingerprint density at radius 2 is 1.62 bits per heavy atom. The summed E-state index contributed by atoms with van der Waals surface area (Å²) in [6.07, 6.45) is 5.44. The van der Waals surface area contributed by atoms with E-state index in [0.29, 0.717) is 6.04 Å². The highest BCUT2D eigenvalue weighted by atomic mass is 35.5. The summed E-state index contributed by atoms with van der Waals surface area (Å²) in [5.41, 5.74) is 9.23. The molecule has 0 aromatic heterocycles. The Labute approximate surface area is 158 Å². The van der Waals surface area contributed by atoms with Crippen LogP contribution in [0.25, 0.3) is 0 Å². The Morgan fingerprint density at radius 3 is 2.25 bits per heavy atom. The van der Waals surface area contributed by atoms with Gasteiger partial charge in [-0.2, -0.15) is 0 Å². The van der Waals surface area contributed by atoms with Gasteiger partial charge in [-0.15, -0.1) is 24.8 Å². The molecule has 5 heteroatoms. The van der Waals surface area contributed by atoms with Gasteiger partial charge in [0.2, 0.25) is 0 Å². The molecular weight excluding hydrogens is 341 g/mol. The van der Waals surface area contributed by atoms with Crippen LogP contribution in [0.15, 0.2) is 24.3 Å². The third kappa shape index (κ3) is 4.01. The van der Waals surface area contributed by atoms with Crippen molar-refractivity contribution in [2.75, 3.05) is 31.1 Å². The maximum Gasteiger partial charge on any atom is 0.0395 e. The highest BCUT2D eigenvalue weighted by Crippen LogP contribution is 2.41. The van der Waals surface area contributed by atoms with Crippen LogP contribution in [0.2, 0.25) is 0 Å². The van der Waals surface area contributed by atoms with Gasteiger partial charge in [-0.3, -0.25) is 4.90 Å². The second-order valence-electron chi connectivity index (χ2n) is 7.62. The lowest BCUT2D eigenvalue weighted by atomic mass is 9.99. The van der Waals surface area contributed by atoms with E-state index in [1.165, 1.54) is 56.6 Å². The molecule has 2 N–H and O–H groups in total. The molecule has 2 heterocycles. The molecule has 3 aliphatic rings. The lowest BCUT2D eigenvalue weighted by molar-refractivity contribution is 0.198. The van der Waals surface area contributed by atoms with Gasteiger partial charge < -0.3 is 10.6 Å². The average molecular weight is 372 g/mol. The number of likely N-dealkylation sites (tertiary alicyclic amines) is 1. The van der Waals surface area contributed by atoms with E-state index in [4.69, 9.17) is 5.73 Å². The topological polar surface area (TPSA) is 32.5 Å². The van der Waals surface area contributed by atoms with E-state index in [9.17, 15) is 0 Å². The molecule has 1 aliphatic carbocycles. The third-order valence-electron chi connectivity index (χ3n) is 6.11. The number of hydrogen-bond donors (Lipinski definition) is 1. The van der Waals surface area contributed by atoms with Crippen molar-refractivity contribution in [3.8, 4) is 0 Å². The van der Waals surface area contributed by atoms with E-state index in [1.54, 1.807) is 0 Å². The summed E-state index contributed by atoms with van der Waals surface area (Å²) in [5.74, 6) is 1.74. The lowest BCUT2D eigenvalue weighted by Crippen LogP contribution is -2.45. The van der Waals surface area contributed by atoms with Gasteiger partial charge in [-0.1, -0.05) is 18.2 Å². The van der Waals surface area contributed by atoms with E-state index in [-0.39, 0.29) is 24.8 Å². The average Bonchev–Trinajstić information content (AvgIpc) is 3.31. The van der Waals surface area contributed by atoms with Crippen molar-refractivity contribution in [3.63, 3.8) is 0 Å². The van der Waals surface area contributed by atoms with Crippen LogP contribution in [-0.2, 0) is 0 Å². The number of rotatable bonds is 3. The molecule has 0 bridgehead atoms. The number of halogens is 2. The molecule has 4 rings (SSSR count). The van der Waals surface area contributed by atoms with Crippen molar-refractivity contribution < 1.29 is 0 Å². The van der Waals surface area contributed by atoms with Crippen molar-refractivity contribution >= 4 is 30.5 Å². The quantitative estimate of drug-likeness (QED) is 0.882. The Bertz CT molecular complexity index is 527. The molecule has 0 amide bonds. The standard InChI is InChI=1S/C19H29N3.2ClH/c1-14-4-2-3-5-19(14)21-10-8-16(9-11-21)22-12-17(15-6-7-15)18(20)13-22;;/h2-5,15-18H,6-13,20H2,1H3;2*1H/t17-,18+;;/m1../s1. The first-order valence-electron chi connectivity index (χ1n) is 9.02. The maximum atomic E-state index is 6.40. The van der Waals surface area contributed by atoms with Gasteiger partial charge in [0.25, 0.3) is 0 Å². The maximum absolute atomic E-state index is 6.40. The molecule has 0 unspecified atom stereocenters. The summed E-state index contributed by atoms with van der Waals surface area (Å²) >= 11 is 0. The first-order valence-corrected chi connectivity index (χ1v) is 9.02. The molecule has 2 saturated heterocycles. The zero-order valence-electron chi connectivity index (χ0n) is 14.6. The van der Waals surface area contributed by atoms with E-state index < -0.39 is 0 Å². The summed E-state index contributed by atoms with van der Waals surface area (Å²) < 4.78 is 0. The van der Waals surface area contributed by atoms with Crippen molar-refractivity contribution in [2.45, 2.75) is 44.7 Å². The first kappa shape index (κ1) is 19.8. The Hall–Kier alpha value is -0.480. The van der Waals surface area contributed by atoms with E-state index >= 15 is 0 Å². The summed E-state index contributed by atoms with van der Waals surface area (Å²) in [6, 6.07) is 9.98. The number of anilines is 1. The highest BCUT2D eigenvalue weighted by Gasteiger charge is 2.42. The fraction of sp³-hybridized carbons (Fsp3) is 0.684. The molecule has 1 aromatic rings. The number of piperidine rings is 1. The summed E-state index contributed by atoms with van der Waals surface area (Å²) in [7, 11) is 0. The molecule has 2 atom stereocenters. The van der Waals surface area contributed by atoms with Crippen molar-refractivity contribution in [2.24, 2.45) is 17.6 Å². The summed E-state index contributed by atoms with van der Waals surface area (Å²) in [6.45, 7) is 7.00. The fourth-order valence-corrected chi connectivity index (χ4v) is 4.60. The van der Waals surface area contributed by atoms with Gasteiger partial charge in [-0.25, -0.2) is 0 Å². The second kappa shape index (κ2) is 8.27. The van der Waals surface area contributed by atoms with Crippen LogP contribution in [-0.4, -0.2) is 43.2 Å². The minimum Gasteiger partial charge on any atom is -0.371 e. The number of nitrogens with zero attached hydrogens (tertiary/aromatic N) is 2. The Morgan fingerprint density at radius 1 is 0.958 bits per heavy atom. The lowest BCUT2D eigenvalue weighted by Gasteiger charge is -2.38. The predicted molar refractivity (Wildman–Crippen MR) is 107 cm³/mol. The summed E-state index contributed by atoms with van der Waals surface area (Å²) in [4.78, 5) is 5.28. The van der Waals surface area contributed by atoms with Gasteiger partial charge in [0.15, 0.2) is 0 Å². The van der Waals surface area contributed by atoms with Gasteiger partial charge in [0, 0.05) is 44.0 Å². The zero-order chi connectivity index (χ0) is 15.1. The molecule has 3 fully saturated rings. The molecule has 136 valence electrons. The minimum absolute atomic E-state index is 0. The molecule has 24 heavy (non-hydrogen) atoms. The predicted octanol–water partition coefficient (Wildman–Crippen LogP) is 3.48. The van der Waals surface area contributed by atoms with Gasteiger partial charge in [0.05, 0.1) is 0 Å². The number of para-hydroxylation sites is 1. The number of nitrogens with two attached hydrogens (primary N) is 1. The number of benzene rings is 1. The molecule has 1 aromatic carbocycles. The summed E-state index contributed by atoms with van der Waals surface area (Å²) in [5, 5.41) is 0. The van der Waals surface area contributed by atoms with E-state index in [0.717, 1.165) is 24.4 Å². The van der Waals surface area contributed by atoms with Crippen LogP contribution in [0, 0.1) is 18.8 Å². The molecule has 2 aliphatic heterocycles. The van der Waals surface area contributed by atoms with Crippen molar-refractivity contribution in [1.82, 2.24) is 4.90 Å². The normalized spacial score (nSPS) is 28.3. The smallest absolute Gasteiger partial charge is 0.0395 e. The van der Waals surface area contributed by atoms with Crippen LogP contribution in [0.4, 0.5) is 5.69 Å². The number of aryl methyl sites for hydroxylation is 1. The molecular formula is C19H31Cl2N3. The zero-order valence-corrected chi connectivity index (χ0v) is 16.2. The molecule has 0 radical (unpaired) electrons. The molecule has 1 saturated carbocycles. The van der Waals surface area contributed by atoms with E-state index in [2.05, 4.69) is 41.0 Å². The molecule has 0 spiro atoms. The SMILES string of the molecule is Cc1ccccc1N1CCC(N2C[C@H](C3CC3)[C@@H](N)C2)CC1.Cl.Cl. The monoisotopic (exact) mass is 371 g/mol. The van der Waals surface area contributed by atoms with Gasteiger partial charge >= 0.3 is 0 Å². The number of hydrogen-bond acceptors (Lipinski definition) is 3. The minimum atomic E-state index is 0. The first-order chi connectivity index (χ1) is 10.7.